The highest BCUT2D eigenvalue weighted by Crippen LogP contribution is 2.27. The van der Waals surface area contributed by atoms with Crippen LogP contribution >= 0.6 is 15.9 Å². The van der Waals surface area contributed by atoms with Crippen molar-refractivity contribution in [2.75, 3.05) is 0 Å². The van der Waals surface area contributed by atoms with Crippen molar-refractivity contribution in [3.8, 4) is 23.2 Å². The maximum absolute atomic E-state index is 5.85. The van der Waals surface area contributed by atoms with Crippen molar-refractivity contribution in [3.05, 3.63) is 70.0 Å². The zero-order valence-electron chi connectivity index (χ0n) is 16.8. The molecule has 2 aromatic heterocycles. The number of hydrogen-bond acceptors (Lipinski definition) is 5. The number of rotatable bonds is 4. The molecule has 0 unspecified atom stereocenters. The Kier molecular flexibility index (Phi) is 5.08. The van der Waals surface area contributed by atoms with Gasteiger partial charge < -0.3 is 4.42 Å². The average molecular weight is 452 g/mol. The van der Waals surface area contributed by atoms with E-state index in [1.165, 1.54) is 5.56 Å². The highest BCUT2D eigenvalue weighted by atomic mass is 79.9. The Hall–Kier alpha value is -2.80. The van der Waals surface area contributed by atoms with Crippen molar-refractivity contribution in [2.24, 2.45) is 0 Å². The highest BCUT2D eigenvalue weighted by molar-refractivity contribution is 9.10. The Labute approximate surface area is 178 Å². The number of benzene rings is 2. The van der Waals surface area contributed by atoms with Gasteiger partial charge in [0.2, 0.25) is 11.7 Å². The second-order valence-electron chi connectivity index (χ2n) is 8.01. The lowest BCUT2D eigenvalue weighted by Gasteiger charge is -2.18. The molecule has 4 rings (SSSR count). The number of nitrogens with zero attached hydrogens (tertiary/aromatic N) is 5. The van der Waals surface area contributed by atoms with Crippen molar-refractivity contribution in [3.63, 3.8) is 0 Å². The molecule has 0 radical (unpaired) electrons. The van der Waals surface area contributed by atoms with Crippen LogP contribution in [0.2, 0.25) is 0 Å². The predicted octanol–water partition coefficient (Wildman–Crippen LogP) is 5.41. The Morgan fingerprint density at radius 1 is 1.00 bits per heavy atom. The van der Waals surface area contributed by atoms with Crippen LogP contribution in [-0.2, 0) is 12.0 Å². The number of aryl methyl sites for hydroxylation is 1. The molecule has 2 aromatic carbocycles. The maximum atomic E-state index is 5.85. The van der Waals surface area contributed by atoms with Gasteiger partial charge in [-0.15, -0.1) is 15.3 Å². The lowest BCUT2D eigenvalue weighted by Crippen LogP contribution is -2.10. The summed E-state index contributed by atoms with van der Waals surface area (Å²) < 4.78 is 8.72. The van der Waals surface area contributed by atoms with Crippen LogP contribution in [0.1, 0.15) is 37.7 Å². The van der Waals surface area contributed by atoms with Crippen LogP contribution in [0.25, 0.3) is 23.2 Å². The van der Waals surface area contributed by atoms with Gasteiger partial charge in [0.15, 0.2) is 0 Å². The molecule has 7 heteroatoms. The van der Waals surface area contributed by atoms with Gasteiger partial charge >= 0.3 is 0 Å². The minimum atomic E-state index is 0.0984. The summed E-state index contributed by atoms with van der Waals surface area (Å²) in [6.07, 6.45) is 0. The van der Waals surface area contributed by atoms with Gasteiger partial charge in [-0.3, -0.25) is 0 Å². The van der Waals surface area contributed by atoms with E-state index in [1.54, 1.807) is 0 Å². The van der Waals surface area contributed by atoms with Gasteiger partial charge in [-0.25, -0.2) is 9.67 Å². The third-order valence-electron chi connectivity index (χ3n) is 4.69. The van der Waals surface area contributed by atoms with E-state index in [9.17, 15) is 0 Å². The molecule has 0 amide bonds. The molecule has 148 valence electrons. The van der Waals surface area contributed by atoms with E-state index in [0.29, 0.717) is 24.2 Å². The Morgan fingerprint density at radius 2 is 1.72 bits per heavy atom. The second-order valence-corrected chi connectivity index (χ2v) is 8.93. The van der Waals surface area contributed by atoms with E-state index in [0.717, 1.165) is 21.4 Å². The van der Waals surface area contributed by atoms with Gasteiger partial charge in [-0.05, 0) is 47.7 Å². The number of hydrogen-bond donors (Lipinski definition) is 0. The van der Waals surface area contributed by atoms with Gasteiger partial charge in [-0.2, -0.15) is 0 Å². The fraction of sp³-hybridized carbons (Fsp3) is 0.273. The summed E-state index contributed by atoms with van der Waals surface area (Å²) in [6.45, 7) is 9.09. The molecule has 0 saturated carbocycles. The maximum Gasteiger partial charge on any atom is 0.287 e. The zero-order chi connectivity index (χ0) is 20.6. The molecule has 2 heterocycles. The van der Waals surface area contributed by atoms with Crippen molar-refractivity contribution in [2.45, 2.75) is 39.7 Å². The molecule has 0 aliphatic rings. The highest BCUT2D eigenvalue weighted by Gasteiger charge is 2.18. The summed E-state index contributed by atoms with van der Waals surface area (Å²) in [5, 5.41) is 12.9. The smallest absolute Gasteiger partial charge is 0.287 e. The van der Waals surface area contributed by atoms with Crippen LogP contribution in [0.5, 0.6) is 0 Å². The van der Waals surface area contributed by atoms with Crippen LogP contribution in [-0.4, -0.2) is 25.0 Å². The quantitative estimate of drug-likeness (QED) is 0.414. The van der Waals surface area contributed by atoms with Crippen LogP contribution in [0, 0.1) is 6.92 Å². The fourth-order valence-electron chi connectivity index (χ4n) is 3.01. The molecule has 29 heavy (non-hydrogen) atoms. The van der Waals surface area contributed by atoms with Crippen molar-refractivity contribution in [1.29, 1.82) is 0 Å². The molecule has 0 N–H and O–H groups in total. The first-order valence-electron chi connectivity index (χ1n) is 9.40. The summed E-state index contributed by atoms with van der Waals surface area (Å²) in [7, 11) is 0. The topological polar surface area (TPSA) is 69.6 Å². The third-order valence-corrected chi connectivity index (χ3v) is 5.19. The third kappa shape index (κ3) is 4.29. The molecule has 4 aromatic rings. The first-order valence-corrected chi connectivity index (χ1v) is 10.2. The van der Waals surface area contributed by atoms with E-state index in [1.807, 2.05) is 35.9 Å². The summed E-state index contributed by atoms with van der Waals surface area (Å²) in [5.74, 6) is 1.99. The largest absolute Gasteiger partial charge is 0.413 e. The van der Waals surface area contributed by atoms with Crippen molar-refractivity contribution < 1.29 is 4.42 Å². The number of aromatic nitrogens is 5. The van der Waals surface area contributed by atoms with E-state index in [4.69, 9.17) is 4.42 Å². The predicted molar refractivity (Wildman–Crippen MR) is 115 cm³/mol. The minimum Gasteiger partial charge on any atom is -0.413 e. The van der Waals surface area contributed by atoms with Crippen LogP contribution in [0.4, 0.5) is 0 Å². The lowest BCUT2D eigenvalue weighted by atomic mass is 9.87. The van der Waals surface area contributed by atoms with Gasteiger partial charge in [0.25, 0.3) is 5.89 Å². The summed E-state index contributed by atoms with van der Waals surface area (Å²) >= 11 is 3.50. The standard InChI is InChI=1S/C22H22BrN5O/c1-14-24-19(27-28(14)13-15-6-5-7-18(23)12-15)21-26-25-20(29-21)16-8-10-17(11-9-16)22(2,3)4/h5-12H,13H2,1-4H3. The SMILES string of the molecule is Cc1nc(-c2nnc(-c3ccc(C(C)(C)C)cc3)o2)nn1Cc1cccc(Br)c1. The van der Waals surface area contributed by atoms with E-state index >= 15 is 0 Å². The van der Waals surface area contributed by atoms with Crippen LogP contribution < -0.4 is 0 Å². The molecule has 0 bridgehead atoms. The first-order chi connectivity index (χ1) is 13.8. The van der Waals surface area contributed by atoms with Crippen molar-refractivity contribution in [1.82, 2.24) is 25.0 Å². The minimum absolute atomic E-state index is 0.0984. The van der Waals surface area contributed by atoms with E-state index < -0.39 is 0 Å². The summed E-state index contributed by atoms with van der Waals surface area (Å²) in [6, 6.07) is 16.3. The van der Waals surface area contributed by atoms with Gasteiger partial charge in [0.05, 0.1) is 6.54 Å². The lowest BCUT2D eigenvalue weighted by molar-refractivity contribution is 0.575. The molecule has 0 aliphatic heterocycles. The fourth-order valence-corrected chi connectivity index (χ4v) is 3.46. The Balaban J connectivity index is 1.57. The molecule has 0 fully saturated rings. The van der Waals surface area contributed by atoms with Gasteiger partial charge in [-0.1, -0.05) is 61.0 Å². The number of halogens is 1. The van der Waals surface area contributed by atoms with Crippen molar-refractivity contribution >= 4 is 15.9 Å². The molecule has 0 aliphatic carbocycles. The van der Waals surface area contributed by atoms with E-state index in [-0.39, 0.29) is 5.41 Å². The monoisotopic (exact) mass is 451 g/mol. The first kappa shape index (κ1) is 19.5. The average Bonchev–Trinajstić information content (AvgIpc) is 3.29. The molecule has 0 atom stereocenters. The zero-order valence-corrected chi connectivity index (χ0v) is 18.4. The Morgan fingerprint density at radius 3 is 2.41 bits per heavy atom. The normalized spacial score (nSPS) is 11.8. The van der Waals surface area contributed by atoms with Crippen LogP contribution in [0.15, 0.2) is 57.4 Å². The Bertz CT molecular complexity index is 1140. The molecule has 0 spiro atoms. The second kappa shape index (κ2) is 7.55. The molecule has 6 nitrogen and oxygen atoms in total. The van der Waals surface area contributed by atoms with E-state index in [2.05, 4.69) is 81.2 Å². The summed E-state index contributed by atoms with van der Waals surface area (Å²) in [5.41, 5.74) is 3.36. The molecular formula is C22H22BrN5O. The molecular weight excluding hydrogens is 430 g/mol. The molecule has 0 saturated heterocycles. The van der Waals surface area contributed by atoms with Gasteiger partial charge in [0, 0.05) is 10.0 Å². The van der Waals surface area contributed by atoms with Gasteiger partial charge in [0.1, 0.15) is 5.82 Å². The van der Waals surface area contributed by atoms with Crippen LogP contribution in [0.3, 0.4) is 0 Å². The summed E-state index contributed by atoms with van der Waals surface area (Å²) in [4.78, 5) is 4.50.